The van der Waals surface area contributed by atoms with Crippen LogP contribution in [0, 0.1) is 6.20 Å². The van der Waals surface area contributed by atoms with Crippen molar-refractivity contribution in [2.75, 3.05) is 0 Å². The highest BCUT2D eigenvalue weighted by Crippen LogP contribution is 1.77. The number of nitrogens with zero attached hydrogens (tertiary/aromatic N) is 1. The molecule has 0 aromatic carbocycles. The Morgan fingerprint density at radius 3 is 2.11 bits per heavy atom. The predicted molar refractivity (Wildman–Crippen MR) is 46.7 cm³/mol. The molecule has 0 amide bonds. The molecular weight excluding hydrogens is 258 g/mol. The van der Waals surface area contributed by atoms with Gasteiger partial charge in [0.15, 0.2) is 0 Å². The summed E-state index contributed by atoms with van der Waals surface area (Å²) >= 11 is 6.44. The normalized spacial score (nSPS) is 6.44. The fourth-order valence-corrected chi connectivity index (χ4v) is 0.277. The van der Waals surface area contributed by atoms with Gasteiger partial charge in [0, 0.05) is 6.20 Å². The van der Waals surface area contributed by atoms with Crippen LogP contribution >= 0.6 is 25.8 Å². The third-order valence-electron chi connectivity index (χ3n) is 0.517. The van der Waals surface area contributed by atoms with Crippen LogP contribution in [-0.2, 0) is 0 Å². The summed E-state index contributed by atoms with van der Waals surface area (Å²) in [6, 6.07) is 5.50. The molecule has 1 nitrogen and oxygen atoms in total. The maximum Gasteiger partial charge on any atom is 0.560 e. The van der Waals surface area contributed by atoms with E-state index >= 15 is 0 Å². The Kier molecular flexibility index (Phi) is 9.74. The van der Waals surface area contributed by atoms with Crippen molar-refractivity contribution in [3.05, 3.63) is 30.6 Å². The highest BCUT2D eigenvalue weighted by Gasteiger charge is 1.62. The zero-order chi connectivity index (χ0) is 6.95. The second kappa shape index (κ2) is 8.88. The number of pyridine rings is 1. The van der Waals surface area contributed by atoms with Crippen LogP contribution in [0.1, 0.15) is 0 Å². The van der Waals surface area contributed by atoms with Crippen LogP contribution in [0.2, 0.25) is 0 Å². The summed E-state index contributed by atoms with van der Waals surface area (Å²) < 4.78 is 0. The van der Waals surface area contributed by atoms with Gasteiger partial charge in [0.05, 0.1) is 6.20 Å². The molecule has 0 aliphatic rings. The maximum atomic E-state index is 3.66. The Hall–Kier alpha value is 0.876. The van der Waals surface area contributed by atoms with Gasteiger partial charge in [0.1, 0.15) is 0 Å². The minimum absolute atomic E-state index is 0.0417. The molecule has 9 heavy (non-hydrogen) atoms. The average Bonchev–Trinajstić information content (AvgIpc) is 1.93. The molecule has 1 rings (SSSR count). The van der Waals surface area contributed by atoms with Crippen molar-refractivity contribution in [2.24, 2.45) is 0 Å². The van der Waals surface area contributed by atoms with E-state index in [1.54, 1.807) is 12.3 Å². The first-order valence-electron chi connectivity index (χ1n) is 2.31. The predicted octanol–water partition coefficient (Wildman–Crippen LogP) is 2.19. The Balaban J connectivity index is 0.000000187. The number of aromatic nitrogens is 1. The van der Waals surface area contributed by atoms with E-state index < -0.39 is 0 Å². The van der Waals surface area contributed by atoms with E-state index in [2.05, 4.69) is 36.9 Å². The molecule has 0 unspecified atom stereocenters. The largest absolute Gasteiger partial charge is 0.560 e. The molecule has 0 fully saturated rings. The molecule has 0 aliphatic carbocycles. The molecule has 1 heterocycles. The lowest BCUT2D eigenvalue weighted by Gasteiger charge is -1.68. The summed E-state index contributed by atoms with van der Waals surface area (Å²) in [7, 11) is 0. The van der Waals surface area contributed by atoms with Crippen molar-refractivity contribution >= 4 is 41.8 Å². The highest BCUT2D eigenvalue weighted by atomic mass is 79.9. The molecule has 1 radical (unpaired) electrons. The van der Waals surface area contributed by atoms with Crippen LogP contribution in [0.4, 0.5) is 0 Å². The number of rotatable bonds is 0. The monoisotopic (exact) mass is 260 g/mol. The standard InChI is InChI=1S/C5H4N.2BrH.Mg/c1-2-4-6-5-3-1;;;/h1-4H;2*1H;/q;;;+2/p-2. The topological polar surface area (TPSA) is 12.9 Å². The van der Waals surface area contributed by atoms with E-state index in [9.17, 15) is 0 Å². The molecule has 1 aromatic rings. The van der Waals surface area contributed by atoms with Crippen molar-refractivity contribution in [1.82, 2.24) is 4.98 Å². The van der Waals surface area contributed by atoms with Crippen molar-refractivity contribution < 1.29 is 0 Å². The Morgan fingerprint density at radius 1 is 1.33 bits per heavy atom. The molecule has 0 bridgehead atoms. The van der Waals surface area contributed by atoms with Crippen LogP contribution in [0.15, 0.2) is 24.4 Å². The molecule has 0 aliphatic heterocycles. The molecule has 45 valence electrons. The lowest BCUT2D eigenvalue weighted by molar-refractivity contribution is 1.31. The van der Waals surface area contributed by atoms with Crippen molar-refractivity contribution in [3.8, 4) is 0 Å². The van der Waals surface area contributed by atoms with Gasteiger partial charge in [-0.25, -0.2) is 0 Å². The van der Waals surface area contributed by atoms with Crippen LogP contribution < -0.4 is 0 Å². The molecule has 0 atom stereocenters. The second-order valence-electron chi connectivity index (χ2n) is 1.06. The summed E-state index contributed by atoms with van der Waals surface area (Å²) in [6.07, 6.45) is 4.34. The number of hydrogen-bond donors (Lipinski definition) is 0. The molecule has 0 saturated heterocycles. The maximum absolute atomic E-state index is 3.66. The van der Waals surface area contributed by atoms with E-state index in [1.807, 2.05) is 12.1 Å². The zero-order valence-electron chi connectivity index (χ0n) is 4.72. The average molecular weight is 262 g/mol. The third kappa shape index (κ3) is 8.88. The zero-order valence-corrected chi connectivity index (χ0v) is 9.31. The first-order valence-corrected chi connectivity index (χ1v) is 10.1. The molecule has 1 aromatic heterocycles. The van der Waals surface area contributed by atoms with Crippen LogP contribution in [-0.4, -0.2) is 21.0 Å². The number of hydrogen-bond acceptors (Lipinski definition) is 1. The van der Waals surface area contributed by atoms with Crippen molar-refractivity contribution in [2.45, 2.75) is 0 Å². The summed E-state index contributed by atoms with van der Waals surface area (Å²) in [5.74, 6) is 0. The van der Waals surface area contributed by atoms with Crippen molar-refractivity contribution in [3.63, 3.8) is 0 Å². The Morgan fingerprint density at radius 2 is 2.00 bits per heavy atom. The van der Waals surface area contributed by atoms with Crippen molar-refractivity contribution in [1.29, 1.82) is 0 Å². The van der Waals surface area contributed by atoms with Gasteiger partial charge in [0.25, 0.3) is 0 Å². The van der Waals surface area contributed by atoms with Crippen LogP contribution in [0.5, 0.6) is 0 Å². The quantitative estimate of drug-likeness (QED) is 0.653. The first-order chi connectivity index (χ1) is 4.41. The van der Waals surface area contributed by atoms with Gasteiger partial charge in [-0.1, -0.05) is 6.07 Å². The van der Waals surface area contributed by atoms with Crippen LogP contribution in [0.25, 0.3) is 0 Å². The minimum atomic E-state index is 0.0417. The van der Waals surface area contributed by atoms with Crippen LogP contribution in [0.3, 0.4) is 0 Å². The van der Waals surface area contributed by atoms with Gasteiger partial charge in [-0.3, -0.25) is 30.8 Å². The molecule has 0 N–H and O–H groups in total. The highest BCUT2D eigenvalue weighted by molar-refractivity contribution is 9.47. The van der Waals surface area contributed by atoms with E-state index in [0.29, 0.717) is 0 Å². The van der Waals surface area contributed by atoms with Gasteiger partial charge in [-0.05, 0) is 12.1 Å². The van der Waals surface area contributed by atoms with E-state index in [4.69, 9.17) is 0 Å². The van der Waals surface area contributed by atoms with Gasteiger partial charge in [-0.2, -0.15) is 0 Å². The van der Waals surface area contributed by atoms with E-state index in [0.717, 1.165) is 0 Å². The van der Waals surface area contributed by atoms with Gasteiger partial charge >= 0.3 is 16.0 Å². The molecule has 4 heteroatoms. The lowest BCUT2D eigenvalue weighted by Crippen LogP contribution is -1.60. The van der Waals surface area contributed by atoms with Gasteiger partial charge in [-0.15, -0.1) is 0 Å². The fraction of sp³-hybridized carbons (Fsp3) is 0. The second-order valence-corrected chi connectivity index (χ2v) is 9.14. The molecular formula is C5H4Br2MgN. The summed E-state index contributed by atoms with van der Waals surface area (Å²) in [5.41, 5.74) is 0. The van der Waals surface area contributed by atoms with E-state index in [-0.39, 0.29) is 16.0 Å². The third-order valence-corrected chi connectivity index (χ3v) is 0.517. The fourth-order valence-electron chi connectivity index (χ4n) is 0.277. The number of halogens is 2. The first kappa shape index (κ1) is 9.88. The summed E-state index contributed by atoms with van der Waals surface area (Å²) in [4.78, 5) is 3.66. The Labute approximate surface area is 76.7 Å². The summed E-state index contributed by atoms with van der Waals surface area (Å²) in [5, 5.41) is 0. The SMILES string of the molecule is [Br][Mg][Br].[c]1ccccn1. The minimum Gasteiger partial charge on any atom is -0.280 e. The molecule has 0 spiro atoms. The van der Waals surface area contributed by atoms with E-state index in [1.165, 1.54) is 0 Å². The summed E-state index contributed by atoms with van der Waals surface area (Å²) in [6.45, 7) is 0. The van der Waals surface area contributed by atoms with Gasteiger partial charge < -0.3 is 0 Å². The van der Waals surface area contributed by atoms with Gasteiger partial charge in [0.2, 0.25) is 0 Å². The Bertz CT molecular complexity index is 97.8. The lowest BCUT2D eigenvalue weighted by atomic mass is 10.5. The molecule has 0 saturated carbocycles. The smallest absolute Gasteiger partial charge is 0.280 e.